The Balaban J connectivity index is 1.56. The first-order valence-electron chi connectivity index (χ1n) is 6.55. The van der Waals surface area contributed by atoms with Crippen molar-refractivity contribution in [3.8, 4) is 0 Å². The highest BCUT2D eigenvalue weighted by Gasteiger charge is 2.52. The van der Waals surface area contributed by atoms with Crippen LogP contribution in [0.1, 0.15) is 32.1 Å². The number of esters is 1. The van der Waals surface area contributed by atoms with Crippen LogP contribution in [0.15, 0.2) is 0 Å². The second-order valence-electron chi connectivity index (χ2n) is 5.65. The molecule has 4 heteroatoms. The van der Waals surface area contributed by atoms with E-state index in [0.29, 0.717) is 24.2 Å². The molecule has 0 bridgehead atoms. The Kier molecular flexibility index (Phi) is 2.87. The van der Waals surface area contributed by atoms with E-state index in [1.54, 1.807) is 0 Å². The Bertz CT molecular complexity index is 293. The molecule has 17 heavy (non-hydrogen) atoms. The third kappa shape index (κ3) is 2.08. The van der Waals surface area contributed by atoms with Gasteiger partial charge in [-0.05, 0) is 30.6 Å². The Morgan fingerprint density at radius 3 is 2.35 bits per heavy atom. The van der Waals surface area contributed by atoms with Crippen LogP contribution in [0, 0.1) is 17.8 Å². The van der Waals surface area contributed by atoms with Crippen molar-refractivity contribution in [2.24, 2.45) is 17.8 Å². The minimum absolute atomic E-state index is 0.0712. The number of carbonyl (C=O) groups is 1. The van der Waals surface area contributed by atoms with Gasteiger partial charge in [0.1, 0.15) is 0 Å². The monoisotopic (exact) mass is 240 g/mol. The molecule has 0 radical (unpaired) electrons. The number of fused-ring (bicyclic) bond motifs is 1. The summed E-state index contributed by atoms with van der Waals surface area (Å²) in [7, 11) is 1.47. The van der Waals surface area contributed by atoms with Crippen LogP contribution in [0.25, 0.3) is 0 Å². The van der Waals surface area contributed by atoms with Crippen molar-refractivity contribution in [1.29, 1.82) is 0 Å². The predicted molar refractivity (Wildman–Crippen MR) is 60.2 cm³/mol. The fourth-order valence-electron chi connectivity index (χ4n) is 3.94. The van der Waals surface area contributed by atoms with Gasteiger partial charge in [0, 0.05) is 19.3 Å². The molecule has 2 saturated carbocycles. The summed E-state index contributed by atoms with van der Waals surface area (Å²) in [4.78, 5) is 11.3. The molecule has 0 aromatic heterocycles. The van der Waals surface area contributed by atoms with E-state index in [2.05, 4.69) is 0 Å². The van der Waals surface area contributed by atoms with E-state index >= 15 is 0 Å². The molecule has 0 N–H and O–H groups in total. The number of rotatable bonds is 2. The minimum atomic E-state index is -0.258. The molecule has 1 spiro atoms. The fraction of sp³-hybridized carbons (Fsp3) is 0.923. The topological polar surface area (TPSA) is 44.8 Å². The van der Waals surface area contributed by atoms with Gasteiger partial charge < -0.3 is 14.2 Å². The summed E-state index contributed by atoms with van der Waals surface area (Å²) in [6.07, 6.45) is 4.89. The maximum Gasteiger partial charge on any atom is 0.305 e. The van der Waals surface area contributed by atoms with Crippen LogP contribution in [-0.4, -0.2) is 32.1 Å². The molecular weight excluding hydrogens is 220 g/mol. The highest BCUT2D eigenvalue weighted by atomic mass is 16.7. The Hall–Kier alpha value is -0.610. The van der Waals surface area contributed by atoms with Gasteiger partial charge >= 0.3 is 5.97 Å². The van der Waals surface area contributed by atoms with E-state index in [9.17, 15) is 4.79 Å². The summed E-state index contributed by atoms with van der Waals surface area (Å²) in [6, 6.07) is 0. The van der Waals surface area contributed by atoms with Crippen LogP contribution in [0.4, 0.5) is 0 Å². The number of hydrogen-bond acceptors (Lipinski definition) is 4. The molecule has 3 fully saturated rings. The van der Waals surface area contributed by atoms with E-state index in [1.165, 1.54) is 7.11 Å². The normalized spacial score (nSPS) is 38.5. The zero-order valence-corrected chi connectivity index (χ0v) is 10.3. The SMILES string of the molecule is COC(=O)CC1CC2CC3(CC2C1)OCCO3. The summed E-state index contributed by atoms with van der Waals surface area (Å²) in [6.45, 7) is 1.48. The van der Waals surface area contributed by atoms with E-state index < -0.39 is 0 Å². The maximum atomic E-state index is 11.3. The first-order valence-corrected chi connectivity index (χ1v) is 6.55. The standard InChI is InChI=1S/C13H20O4/c1-15-12(14)6-9-4-10-7-13(8-11(10)5-9)16-2-3-17-13/h9-11H,2-8H2,1H3. The third-order valence-electron chi connectivity index (χ3n) is 4.58. The molecule has 0 aromatic rings. The van der Waals surface area contributed by atoms with Gasteiger partial charge in [-0.15, -0.1) is 0 Å². The average Bonchev–Trinajstić information content (AvgIpc) is 2.95. The molecule has 1 aliphatic heterocycles. The Morgan fingerprint density at radius 2 is 1.82 bits per heavy atom. The fourth-order valence-corrected chi connectivity index (χ4v) is 3.94. The summed E-state index contributed by atoms with van der Waals surface area (Å²) in [5, 5.41) is 0. The van der Waals surface area contributed by atoms with Crippen molar-refractivity contribution in [2.45, 2.75) is 37.9 Å². The van der Waals surface area contributed by atoms with Crippen molar-refractivity contribution < 1.29 is 19.0 Å². The van der Waals surface area contributed by atoms with E-state index in [0.717, 1.165) is 38.9 Å². The average molecular weight is 240 g/mol. The van der Waals surface area contributed by atoms with Gasteiger partial charge in [-0.3, -0.25) is 4.79 Å². The quantitative estimate of drug-likeness (QED) is 0.689. The van der Waals surface area contributed by atoms with Crippen LogP contribution >= 0.6 is 0 Å². The molecule has 2 atom stereocenters. The van der Waals surface area contributed by atoms with Crippen LogP contribution < -0.4 is 0 Å². The number of ether oxygens (including phenoxy) is 3. The van der Waals surface area contributed by atoms with Crippen LogP contribution in [0.2, 0.25) is 0 Å². The van der Waals surface area contributed by atoms with Crippen molar-refractivity contribution in [3.63, 3.8) is 0 Å². The van der Waals surface area contributed by atoms with Gasteiger partial charge in [-0.2, -0.15) is 0 Å². The maximum absolute atomic E-state index is 11.3. The van der Waals surface area contributed by atoms with E-state index in [-0.39, 0.29) is 11.8 Å². The lowest BCUT2D eigenvalue weighted by atomic mass is 9.98. The molecule has 4 nitrogen and oxygen atoms in total. The lowest BCUT2D eigenvalue weighted by Crippen LogP contribution is -2.27. The molecule has 1 heterocycles. The van der Waals surface area contributed by atoms with Gasteiger partial charge in [-0.1, -0.05) is 0 Å². The molecule has 2 aliphatic carbocycles. The molecule has 3 rings (SSSR count). The van der Waals surface area contributed by atoms with Gasteiger partial charge in [0.2, 0.25) is 0 Å². The number of hydrogen-bond donors (Lipinski definition) is 0. The molecule has 2 unspecified atom stereocenters. The molecule has 1 saturated heterocycles. The largest absolute Gasteiger partial charge is 0.469 e. The highest BCUT2D eigenvalue weighted by Crippen LogP contribution is 2.54. The van der Waals surface area contributed by atoms with Crippen molar-refractivity contribution in [3.05, 3.63) is 0 Å². The van der Waals surface area contributed by atoms with E-state index in [4.69, 9.17) is 14.2 Å². The van der Waals surface area contributed by atoms with Crippen LogP contribution in [0.5, 0.6) is 0 Å². The van der Waals surface area contributed by atoms with Gasteiger partial charge in [0.15, 0.2) is 5.79 Å². The van der Waals surface area contributed by atoms with Gasteiger partial charge in [0.05, 0.1) is 20.3 Å². The zero-order chi connectivity index (χ0) is 11.9. The Labute approximate surface area is 102 Å². The first-order chi connectivity index (χ1) is 8.21. The lowest BCUT2D eigenvalue weighted by Gasteiger charge is -2.23. The van der Waals surface area contributed by atoms with Gasteiger partial charge in [0.25, 0.3) is 0 Å². The van der Waals surface area contributed by atoms with Crippen LogP contribution in [0.3, 0.4) is 0 Å². The van der Waals surface area contributed by atoms with Gasteiger partial charge in [-0.25, -0.2) is 0 Å². The summed E-state index contributed by atoms with van der Waals surface area (Å²) in [5.41, 5.74) is 0. The van der Waals surface area contributed by atoms with Crippen molar-refractivity contribution in [1.82, 2.24) is 0 Å². The van der Waals surface area contributed by atoms with Crippen molar-refractivity contribution >= 4 is 5.97 Å². The lowest BCUT2D eigenvalue weighted by molar-refractivity contribution is -0.156. The Morgan fingerprint density at radius 1 is 1.24 bits per heavy atom. The zero-order valence-electron chi connectivity index (χ0n) is 10.3. The second kappa shape index (κ2) is 4.25. The van der Waals surface area contributed by atoms with Crippen molar-refractivity contribution in [2.75, 3.05) is 20.3 Å². The predicted octanol–water partition coefficient (Wildman–Crippen LogP) is 1.73. The molecule has 0 aromatic carbocycles. The summed E-state index contributed by atoms with van der Waals surface area (Å²) >= 11 is 0. The smallest absolute Gasteiger partial charge is 0.305 e. The molecular formula is C13H20O4. The summed E-state index contributed by atoms with van der Waals surface area (Å²) in [5.74, 6) is 1.55. The number of carbonyl (C=O) groups excluding carboxylic acids is 1. The molecule has 0 amide bonds. The minimum Gasteiger partial charge on any atom is -0.469 e. The third-order valence-corrected chi connectivity index (χ3v) is 4.58. The first kappa shape index (κ1) is 11.5. The summed E-state index contributed by atoms with van der Waals surface area (Å²) < 4.78 is 16.3. The van der Waals surface area contributed by atoms with E-state index in [1.807, 2.05) is 0 Å². The molecule has 3 aliphatic rings. The molecule has 96 valence electrons. The van der Waals surface area contributed by atoms with Crippen LogP contribution in [-0.2, 0) is 19.0 Å². The highest BCUT2D eigenvalue weighted by molar-refractivity contribution is 5.69. The number of methoxy groups -OCH3 is 1. The second-order valence-corrected chi connectivity index (χ2v) is 5.65.